The molecule has 0 bridgehead atoms. The van der Waals surface area contributed by atoms with Gasteiger partial charge in [0.2, 0.25) is 0 Å². The van der Waals surface area contributed by atoms with Crippen LogP contribution in [0.5, 0.6) is 5.75 Å². The number of rotatable bonds is 2. The van der Waals surface area contributed by atoms with Crippen molar-refractivity contribution >= 4 is 17.7 Å². The molecule has 0 spiro atoms. The van der Waals surface area contributed by atoms with E-state index in [4.69, 9.17) is 0 Å². The molecule has 4 heteroatoms. The second kappa shape index (κ2) is 6.44. The number of nitrogens with zero attached hydrogens (tertiary/aromatic N) is 1. The van der Waals surface area contributed by atoms with Crippen LogP contribution in [0, 0.1) is 0 Å². The minimum atomic E-state index is -0.0909. The molecule has 0 radical (unpaired) electrons. The van der Waals surface area contributed by atoms with Crippen LogP contribution < -0.4 is 0 Å². The first-order chi connectivity index (χ1) is 10.7. The van der Waals surface area contributed by atoms with E-state index in [2.05, 4.69) is 19.1 Å². The molecule has 3 rings (SSSR count). The Labute approximate surface area is 135 Å². The number of hydrogen-bond acceptors (Lipinski definition) is 3. The van der Waals surface area contributed by atoms with E-state index >= 15 is 0 Å². The zero-order valence-corrected chi connectivity index (χ0v) is 13.3. The zero-order chi connectivity index (χ0) is 15.5. The third-order valence-electron chi connectivity index (χ3n) is 4.08. The summed E-state index contributed by atoms with van der Waals surface area (Å²) < 4.78 is 0. The third kappa shape index (κ3) is 2.83. The van der Waals surface area contributed by atoms with Crippen molar-refractivity contribution in [3.63, 3.8) is 0 Å². The van der Waals surface area contributed by atoms with Crippen molar-refractivity contribution in [1.29, 1.82) is 0 Å². The van der Waals surface area contributed by atoms with Crippen molar-refractivity contribution < 1.29 is 9.90 Å². The van der Waals surface area contributed by atoms with Crippen LogP contribution in [0.4, 0.5) is 0 Å². The van der Waals surface area contributed by atoms with Crippen molar-refractivity contribution in [3.8, 4) is 5.75 Å². The van der Waals surface area contributed by atoms with Crippen molar-refractivity contribution in [1.82, 2.24) is 4.90 Å². The van der Waals surface area contributed by atoms with Crippen LogP contribution >= 0.6 is 11.8 Å². The maximum atomic E-state index is 12.8. The van der Waals surface area contributed by atoms with Crippen LogP contribution in [0.15, 0.2) is 54.6 Å². The molecule has 1 fully saturated rings. The van der Waals surface area contributed by atoms with Gasteiger partial charge in [-0.05, 0) is 24.6 Å². The van der Waals surface area contributed by atoms with Crippen LogP contribution in [0.25, 0.3) is 0 Å². The predicted octanol–water partition coefficient (Wildman–Crippen LogP) is 3.71. The SMILES string of the molecule is CC1C(c2ccccc2)SCCN1C(=O)c1ccccc1O. The lowest BCUT2D eigenvalue weighted by atomic mass is 10.0. The zero-order valence-electron chi connectivity index (χ0n) is 12.5. The average Bonchev–Trinajstić information content (AvgIpc) is 2.56. The third-order valence-corrected chi connectivity index (χ3v) is 5.53. The minimum Gasteiger partial charge on any atom is -0.507 e. The Balaban J connectivity index is 1.85. The van der Waals surface area contributed by atoms with E-state index < -0.39 is 0 Å². The molecular weight excluding hydrogens is 294 g/mol. The van der Waals surface area contributed by atoms with Crippen LogP contribution in [0.1, 0.15) is 28.1 Å². The second-order valence-corrected chi connectivity index (χ2v) is 6.71. The van der Waals surface area contributed by atoms with Crippen molar-refractivity contribution in [2.75, 3.05) is 12.3 Å². The lowest BCUT2D eigenvalue weighted by Crippen LogP contribution is -2.45. The summed E-state index contributed by atoms with van der Waals surface area (Å²) in [7, 11) is 0. The molecule has 1 saturated heterocycles. The van der Waals surface area contributed by atoms with Crippen LogP contribution in [-0.2, 0) is 0 Å². The standard InChI is InChI=1S/C18H19NO2S/c1-13-17(14-7-3-2-4-8-14)22-12-11-19(13)18(21)15-9-5-6-10-16(15)20/h2-10,13,17,20H,11-12H2,1H3. The smallest absolute Gasteiger partial charge is 0.257 e. The Hall–Kier alpha value is -1.94. The van der Waals surface area contributed by atoms with Gasteiger partial charge in [0.05, 0.1) is 5.56 Å². The number of phenols is 1. The lowest BCUT2D eigenvalue weighted by Gasteiger charge is -2.39. The average molecular weight is 313 g/mol. The Morgan fingerprint density at radius 1 is 1.14 bits per heavy atom. The topological polar surface area (TPSA) is 40.5 Å². The molecule has 1 heterocycles. The fourth-order valence-electron chi connectivity index (χ4n) is 2.90. The number of aromatic hydroxyl groups is 1. The van der Waals surface area contributed by atoms with Crippen molar-refractivity contribution in [2.45, 2.75) is 18.2 Å². The van der Waals surface area contributed by atoms with Gasteiger partial charge in [-0.25, -0.2) is 0 Å². The number of para-hydroxylation sites is 1. The molecule has 1 amide bonds. The Morgan fingerprint density at radius 2 is 1.82 bits per heavy atom. The lowest BCUT2D eigenvalue weighted by molar-refractivity contribution is 0.0691. The Kier molecular flexibility index (Phi) is 4.39. The van der Waals surface area contributed by atoms with E-state index in [-0.39, 0.29) is 22.9 Å². The number of hydrogen-bond donors (Lipinski definition) is 1. The van der Waals surface area contributed by atoms with Gasteiger partial charge in [0.15, 0.2) is 0 Å². The van der Waals surface area contributed by atoms with Gasteiger partial charge < -0.3 is 10.0 Å². The molecule has 2 aromatic rings. The quantitative estimate of drug-likeness (QED) is 0.919. The van der Waals surface area contributed by atoms with E-state index in [1.54, 1.807) is 24.3 Å². The van der Waals surface area contributed by atoms with Gasteiger partial charge in [0.1, 0.15) is 5.75 Å². The van der Waals surface area contributed by atoms with Gasteiger partial charge in [0, 0.05) is 23.6 Å². The molecule has 3 nitrogen and oxygen atoms in total. The molecule has 2 atom stereocenters. The fourth-order valence-corrected chi connectivity index (χ4v) is 4.23. The second-order valence-electron chi connectivity index (χ2n) is 5.46. The van der Waals surface area contributed by atoms with Gasteiger partial charge >= 0.3 is 0 Å². The van der Waals surface area contributed by atoms with Crippen LogP contribution in [0.2, 0.25) is 0 Å². The first kappa shape index (κ1) is 15.0. The van der Waals surface area contributed by atoms with Crippen molar-refractivity contribution in [2.24, 2.45) is 0 Å². The summed E-state index contributed by atoms with van der Waals surface area (Å²) >= 11 is 1.89. The highest BCUT2D eigenvalue weighted by Gasteiger charge is 2.33. The number of thioether (sulfide) groups is 1. The maximum Gasteiger partial charge on any atom is 0.257 e. The van der Waals surface area contributed by atoms with E-state index in [0.29, 0.717) is 12.1 Å². The Morgan fingerprint density at radius 3 is 2.55 bits per heavy atom. The minimum absolute atomic E-state index is 0.0502. The summed E-state index contributed by atoms with van der Waals surface area (Å²) in [6, 6.07) is 17.2. The highest BCUT2D eigenvalue weighted by Crippen LogP contribution is 2.38. The highest BCUT2D eigenvalue weighted by molar-refractivity contribution is 7.99. The van der Waals surface area contributed by atoms with Gasteiger partial charge in [-0.3, -0.25) is 4.79 Å². The molecule has 1 N–H and O–H groups in total. The number of amides is 1. The van der Waals surface area contributed by atoms with Gasteiger partial charge in [0.25, 0.3) is 5.91 Å². The molecule has 0 saturated carbocycles. The highest BCUT2D eigenvalue weighted by atomic mass is 32.2. The molecule has 1 aliphatic heterocycles. The van der Waals surface area contributed by atoms with Gasteiger partial charge in [-0.1, -0.05) is 42.5 Å². The van der Waals surface area contributed by atoms with E-state index in [9.17, 15) is 9.90 Å². The molecule has 22 heavy (non-hydrogen) atoms. The number of carbonyl (C=O) groups excluding carboxylic acids is 1. The van der Waals surface area contributed by atoms with E-state index in [1.165, 1.54) is 5.56 Å². The first-order valence-corrected chi connectivity index (χ1v) is 8.49. The summed E-state index contributed by atoms with van der Waals surface area (Å²) in [5.41, 5.74) is 1.63. The molecule has 1 aliphatic rings. The molecule has 2 aromatic carbocycles. The summed E-state index contributed by atoms with van der Waals surface area (Å²) in [6.45, 7) is 2.80. The Bertz CT molecular complexity index is 659. The van der Waals surface area contributed by atoms with Crippen LogP contribution in [0.3, 0.4) is 0 Å². The largest absolute Gasteiger partial charge is 0.507 e. The van der Waals surface area contributed by atoms with Gasteiger partial charge in [-0.15, -0.1) is 11.8 Å². The summed E-state index contributed by atoms with van der Waals surface area (Å²) in [6.07, 6.45) is 0. The fraction of sp³-hybridized carbons (Fsp3) is 0.278. The summed E-state index contributed by atoms with van der Waals surface area (Å²) in [4.78, 5) is 14.6. The number of carbonyl (C=O) groups is 1. The van der Waals surface area contributed by atoms with Crippen LogP contribution in [-0.4, -0.2) is 34.3 Å². The summed E-state index contributed by atoms with van der Waals surface area (Å²) in [5, 5.41) is 10.2. The van der Waals surface area contributed by atoms with E-state index in [1.807, 2.05) is 34.9 Å². The predicted molar refractivity (Wildman–Crippen MR) is 90.2 cm³/mol. The first-order valence-electron chi connectivity index (χ1n) is 7.44. The van der Waals surface area contributed by atoms with Crippen molar-refractivity contribution in [3.05, 3.63) is 65.7 Å². The number of phenolic OH excluding ortho intramolecular Hbond substituents is 1. The molecular formula is C18H19NO2S. The van der Waals surface area contributed by atoms with E-state index in [0.717, 1.165) is 5.75 Å². The molecule has 114 valence electrons. The normalized spacial score (nSPS) is 21.6. The number of benzene rings is 2. The molecule has 2 unspecified atom stereocenters. The monoisotopic (exact) mass is 313 g/mol. The van der Waals surface area contributed by atoms with Gasteiger partial charge in [-0.2, -0.15) is 0 Å². The molecule has 0 aliphatic carbocycles. The summed E-state index contributed by atoms with van der Waals surface area (Å²) in [5.74, 6) is 0.865. The maximum absolute atomic E-state index is 12.8. The molecule has 0 aromatic heterocycles.